The van der Waals surface area contributed by atoms with E-state index in [9.17, 15) is 9.90 Å². The van der Waals surface area contributed by atoms with Gasteiger partial charge in [0.05, 0.1) is 29.3 Å². The number of carbonyl (C=O) groups excluding carboxylic acids is 1. The number of rotatable bonds is 3. The molecule has 1 amide bonds. The first-order valence-electron chi connectivity index (χ1n) is 7.05. The average molecular weight is 332 g/mol. The molecular weight excluding hydrogens is 313 g/mol. The summed E-state index contributed by atoms with van der Waals surface area (Å²) in [7, 11) is 1.47. The molecule has 0 heterocycles. The lowest BCUT2D eigenvalue weighted by Crippen LogP contribution is -2.42. The number of amides is 1. The molecule has 2 unspecified atom stereocenters. The number of carbonyl (C=O) groups is 1. The van der Waals surface area contributed by atoms with Gasteiger partial charge in [-0.3, -0.25) is 4.79 Å². The van der Waals surface area contributed by atoms with Crippen molar-refractivity contribution in [1.82, 2.24) is 5.32 Å². The number of methoxy groups -OCH3 is 1. The van der Waals surface area contributed by atoms with E-state index in [0.29, 0.717) is 11.3 Å². The van der Waals surface area contributed by atoms with Crippen LogP contribution in [0.3, 0.4) is 0 Å². The number of nitrogens with one attached hydrogen (secondary N) is 1. The van der Waals surface area contributed by atoms with Gasteiger partial charge in [0.2, 0.25) is 0 Å². The molecule has 0 aliphatic heterocycles. The monoisotopic (exact) mass is 331 g/mol. The smallest absolute Gasteiger partial charge is 0.251 e. The number of ether oxygens (including phenoxy) is 1. The molecule has 1 fully saturated rings. The molecule has 2 N–H and O–H groups in total. The highest BCUT2D eigenvalue weighted by molar-refractivity contribution is 6.37. The lowest BCUT2D eigenvalue weighted by atomic mass is 10.1. The van der Waals surface area contributed by atoms with Gasteiger partial charge in [-0.25, -0.2) is 0 Å². The van der Waals surface area contributed by atoms with Crippen LogP contribution in [-0.4, -0.2) is 30.3 Å². The molecule has 2 rings (SSSR count). The summed E-state index contributed by atoms with van der Waals surface area (Å²) in [5.41, 5.74) is 0.363. The molecule has 0 saturated heterocycles. The maximum atomic E-state index is 12.3. The fourth-order valence-electron chi connectivity index (χ4n) is 2.59. The number of hydrogen-bond donors (Lipinski definition) is 2. The third-order valence-corrected chi connectivity index (χ3v) is 4.32. The molecule has 6 heteroatoms. The van der Waals surface area contributed by atoms with Crippen molar-refractivity contribution in [1.29, 1.82) is 0 Å². The van der Waals surface area contributed by atoms with Gasteiger partial charge in [0.15, 0.2) is 5.75 Å². The van der Waals surface area contributed by atoms with Crippen LogP contribution in [0.1, 0.15) is 42.5 Å². The van der Waals surface area contributed by atoms with E-state index in [1.54, 1.807) is 0 Å². The predicted octanol–water partition coefficient (Wildman–Crippen LogP) is 3.43. The molecule has 21 heavy (non-hydrogen) atoms. The lowest BCUT2D eigenvalue weighted by Gasteiger charge is -2.22. The van der Waals surface area contributed by atoms with Crippen molar-refractivity contribution in [2.45, 2.75) is 44.2 Å². The van der Waals surface area contributed by atoms with E-state index < -0.39 is 6.10 Å². The first-order valence-corrected chi connectivity index (χ1v) is 7.80. The van der Waals surface area contributed by atoms with Gasteiger partial charge in [0.25, 0.3) is 5.91 Å². The van der Waals surface area contributed by atoms with E-state index in [4.69, 9.17) is 27.9 Å². The zero-order valence-electron chi connectivity index (χ0n) is 11.9. The molecule has 1 aromatic carbocycles. The van der Waals surface area contributed by atoms with Crippen LogP contribution in [0.4, 0.5) is 0 Å². The Morgan fingerprint density at radius 2 is 1.86 bits per heavy atom. The topological polar surface area (TPSA) is 58.6 Å². The Morgan fingerprint density at radius 1 is 1.24 bits per heavy atom. The molecule has 0 radical (unpaired) electrons. The van der Waals surface area contributed by atoms with Crippen LogP contribution in [0.2, 0.25) is 10.0 Å². The van der Waals surface area contributed by atoms with Crippen molar-refractivity contribution < 1.29 is 14.6 Å². The minimum Gasteiger partial charge on any atom is -0.494 e. The van der Waals surface area contributed by atoms with Crippen LogP contribution in [0, 0.1) is 0 Å². The number of benzene rings is 1. The summed E-state index contributed by atoms with van der Waals surface area (Å²) in [5.74, 6) is 0.0665. The van der Waals surface area contributed by atoms with Gasteiger partial charge < -0.3 is 15.2 Å². The highest BCUT2D eigenvalue weighted by atomic mass is 35.5. The van der Waals surface area contributed by atoms with Gasteiger partial charge in [-0.05, 0) is 25.0 Å². The summed E-state index contributed by atoms with van der Waals surface area (Å²) >= 11 is 12.1. The second-order valence-corrected chi connectivity index (χ2v) is 6.07. The van der Waals surface area contributed by atoms with Crippen LogP contribution in [0.5, 0.6) is 5.75 Å². The highest BCUT2D eigenvalue weighted by Crippen LogP contribution is 2.33. The van der Waals surface area contributed by atoms with Gasteiger partial charge in [0.1, 0.15) is 0 Å². The summed E-state index contributed by atoms with van der Waals surface area (Å²) < 4.78 is 5.06. The van der Waals surface area contributed by atoms with Gasteiger partial charge in [-0.1, -0.05) is 42.5 Å². The molecule has 0 bridgehead atoms. The lowest BCUT2D eigenvalue weighted by molar-refractivity contribution is 0.0819. The van der Waals surface area contributed by atoms with Gasteiger partial charge in [-0.15, -0.1) is 0 Å². The van der Waals surface area contributed by atoms with Crippen LogP contribution < -0.4 is 10.1 Å². The quantitative estimate of drug-likeness (QED) is 0.834. The van der Waals surface area contributed by atoms with Crippen molar-refractivity contribution in [3.8, 4) is 5.75 Å². The number of aliphatic hydroxyl groups excluding tert-OH is 1. The second kappa shape index (κ2) is 7.34. The SMILES string of the molecule is COc1c(Cl)cc(C(=O)NC2CCCCCC2O)cc1Cl. The molecular formula is C15H19Cl2NO3. The summed E-state index contributed by atoms with van der Waals surface area (Å²) in [6, 6.07) is 2.81. The standard InChI is InChI=1S/C15H19Cl2NO3/c1-21-14-10(16)7-9(8-11(14)17)15(20)18-12-5-3-2-4-6-13(12)19/h7-8,12-13,19H,2-6H2,1H3,(H,18,20). The average Bonchev–Trinajstić information content (AvgIpc) is 2.63. The van der Waals surface area contributed by atoms with E-state index in [2.05, 4.69) is 5.32 Å². The Labute approximate surface area is 134 Å². The van der Waals surface area contributed by atoms with Crippen molar-refractivity contribution in [3.63, 3.8) is 0 Å². The Hall–Kier alpha value is -0.970. The number of aliphatic hydroxyl groups is 1. The molecule has 116 valence electrons. The molecule has 4 nitrogen and oxygen atoms in total. The fraction of sp³-hybridized carbons (Fsp3) is 0.533. The molecule has 0 spiro atoms. The Kier molecular flexibility index (Phi) is 5.73. The summed E-state index contributed by atoms with van der Waals surface area (Å²) in [4.78, 5) is 12.3. The van der Waals surface area contributed by atoms with E-state index in [0.717, 1.165) is 32.1 Å². The van der Waals surface area contributed by atoms with Crippen LogP contribution in [0.15, 0.2) is 12.1 Å². The van der Waals surface area contributed by atoms with E-state index in [1.807, 2.05) is 0 Å². The normalized spacial score (nSPS) is 22.5. The van der Waals surface area contributed by atoms with Crippen LogP contribution in [0.25, 0.3) is 0 Å². The summed E-state index contributed by atoms with van der Waals surface area (Å²) in [6.45, 7) is 0. The summed E-state index contributed by atoms with van der Waals surface area (Å²) in [5, 5.41) is 13.5. The zero-order chi connectivity index (χ0) is 15.4. The van der Waals surface area contributed by atoms with E-state index >= 15 is 0 Å². The Balaban J connectivity index is 2.13. The second-order valence-electron chi connectivity index (χ2n) is 5.26. The van der Waals surface area contributed by atoms with Crippen molar-refractivity contribution in [2.75, 3.05) is 7.11 Å². The van der Waals surface area contributed by atoms with E-state index in [-0.39, 0.29) is 22.0 Å². The minimum atomic E-state index is -0.499. The van der Waals surface area contributed by atoms with Crippen molar-refractivity contribution in [3.05, 3.63) is 27.7 Å². The maximum absolute atomic E-state index is 12.3. The van der Waals surface area contributed by atoms with E-state index in [1.165, 1.54) is 19.2 Å². The van der Waals surface area contributed by atoms with Crippen molar-refractivity contribution in [2.24, 2.45) is 0 Å². The molecule has 1 saturated carbocycles. The number of halogens is 2. The van der Waals surface area contributed by atoms with Crippen LogP contribution in [-0.2, 0) is 0 Å². The molecule has 2 atom stereocenters. The summed E-state index contributed by atoms with van der Waals surface area (Å²) in [6.07, 6.45) is 4.09. The third-order valence-electron chi connectivity index (χ3n) is 3.76. The Morgan fingerprint density at radius 3 is 2.48 bits per heavy atom. The van der Waals surface area contributed by atoms with Gasteiger partial charge in [0, 0.05) is 5.56 Å². The largest absolute Gasteiger partial charge is 0.494 e. The number of hydrogen-bond acceptors (Lipinski definition) is 3. The van der Waals surface area contributed by atoms with Crippen molar-refractivity contribution >= 4 is 29.1 Å². The van der Waals surface area contributed by atoms with Gasteiger partial charge in [-0.2, -0.15) is 0 Å². The predicted molar refractivity (Wildman–Crippen MR) is 83.4 cm³/mol. The molecule has 0 aromatic heterocycles. The van der Waals surface area contributed by atoms with Gasteiger partial charge >= 0.3 is 0 Å². The maximum Gasteiger partial charge on any atom is 0.251 e. The highest BCUT2D eigenvalue weighted by Gasteiger charge is 2.24. The third kappa shape index (κ3) is 4.02. The fourth-order valence-corrected chi connectivity index (χ4v) is 3.24. The Bertz CT molecular complexity index is 499. The minimum absolute atomic E-state index is 0.223. The van der Waals surface area contributed by atoms with Crippen LogP contribution >= 0.6 is 23.2 Å². The first kappa shape index (κ1) is 16.4. The molecule has 1 aromatic rings. The first-order chi connectivity index (χ1) is 10.0. The zero-order valence-corrected chi connectivity index (χ0v) is 13.4. The molecule has 1 aliphatic carbocycles. The molecule has 1 aliphatic rings.